The van der Waals surface area contributed by atoms with Crippen molar-refractivity contribution in [3.8, 4) is 0 Å². The average Bonchev–Trinajstić information content (AvgIpc) is 2.77. The molecule has 2 heterocycles. The van der Waals surface area contributed by atoms with Crippen LogP contribution >= 0.6 is 15.9 Å². The van der Waals surface area contributed by atoms with Gasteiger partial charge in [0.25, 0.3) is 0 Å². The molecule has 1 fully saturated rings. The highest BCUT2D eigenvalue weighted by Crippen LogP contribution is 2.15. The quantitative estimate of drug-likeness (QED) is 0.794. The maximum absolute atomic E-state index is 11.8. The molecule has 0 aliphatic carbocycles. The Kier molecular flexibility index (Phi) is 4.79. The zero-order valence-corrected chi connectivity index (χ0v) is 11.8. The fourth-order valence-corrected chi connectivity index (χ4v) is 2.19. The Bertz CT molecular complexity index is 401. The smallest absolute Gasteiger partial charge is 0.341 e. The molecule has 0 spiro atoms. The molecular weight excluding hydrogens is 302 g/mol. The van der Waals surface area contributed by atoms with Crippen LogP contribution in [0.1, 0.15) is 17.3 Å². The second kappa shape index (κ2) is 6.36. The van der Waals surface area contributed by atoms with Gasteiger partial charge >= 0.3 is 5.97 Å². The SMILES string of the molecule is C[C@@H](CN1CCOCC1)OC(=O)c1coc(Br)c1. The van der Waals surface area contributed by atoms with Crippen molar-refractivity contribution < 1.29 is 18.7 Å². The third-order valence-corrected chi connectivity index (χ3v) is 3.15. The highest BCUT2D eigenvalue weighted by molar-refractivity contribution is 9.10. The van der Waals surface area contributed by atoms with Gasteiger partial charge in [0, 0.05) is 25.7 Å². The monoisotopic (exact) mass is 317 g/mol. The maximum atomic E-state index is 11.8. The van der Waals surface area contributed by atoms with Gasteiger partial charge in [0.15, 0.2) is 4.67 Å². The topological polar surface area (TPSA) is 51.9 Å². The normalized spacial score (nSPS) is 18.6. The molecule has 0 bridgehead atoms. The van der Waals surface area contributed by atoms with Crippen LogP contribution in [-0.4, -0.2) is 49.8 Å². The van der Waals surface area contributed by atoms with Crippen molar-refractivity contribution in [2.45, 2.75) is 13.0 Å². The van der Waals surface area contributed by atoms with Crippen LogP contribution in [0.2, 0.25) is 0 Å². The van der Waals surface area contributed by atoms with E-state index in [4.69, 9.17) is 13.9 Å². The van der Waals surface area contributed by atoms with Gasteiger partial charge in [0.1, 0.15) is 12.4 Å². The molecule has 0 N–H and O–H groups in total. The number of nitrogens with zero attached hydrogens (tertiary/aromatic N) is 1. The molecule has 0 amide bonds. The van der Waals surface area contributed by atoms with Crippen LogP contribution in [0.3, 0.4) is 0 Å². The molecule has 1 atom stereocenters. The summed E-state index contributed by atoms with van der Waals surface area (Å²) >= 11 is 3.15. The number of ether oxygens (including phenoxy) is 2. The third-order valence-electron chi connectivity index (χ3n) is 2.73. The summed E-state index contributed by atoms with van der Waals surface area (Å²) in [5.41, 5.74) is 0.427. The fourth-order valence-electron chi connectivity index (χ4n) is 1.85. The lowest BCUT2D eigenvalue weighted by Crippen LogP contribution is -2.41. The van der Waals surface area contributed by atoms with E-state index in [1.807, 2.05) is 6.92 Å². The standard InChI is InChI=1S/C12H16BrNO4/c1-9(7-14-2-4-16-5-3-14)18-12(15)10-6-11(13)17-8-10/h6,8-9H,2-5,7H2,1H3/t9-/m0/s1. The molecule has 1 aliphatic rings. The Morgan fingerprint density at radius 1 is 1.56 bits per heavy atom. The molecule has 18 heavy (non-hydrogen) atoms. The second-order valence-corrected chi connectivity index (χ2v) is 5.05. The van der Waals surface area contributed by atoms with Crippen LogP contribution in [-0.2, 0) is 9.47 Å². The van der Waals surface area contributed by atoms with Crippen LogP contribution in [0, 0.1) is 0 Å². The van der Waals surface area contributed by atoms with E-state index in [9.17, 15) is 4.79 Å². The third kappa shape index (κ3) is 3.83. The predicted octanol–water partition coefficient (Wildman–Crippen LogP) is 1.92. The number of hydrogen-bond acceptors (Lipinski definition) is 5. The number of hydrogen-bond donors (Lipinski definition) is 0. The molecule has 1 aliphatic heterocycles. The van der Waals surface area contributed by atoms with E-state index in [2.05, 4.69) is 20.8 Å². The first-order valence-corrected chi connectivity index (χ1v) is 6.69. The van der Waals surface area contributed by atoms with Crippen LogP contribution < -0.4 is 0 Å². The lowest BCUT2D eigenvalue weighted by atomic mass is 10.3. The van der Waals surface area contributed by atoms with Gasteiger partial charge in [-0.3, -0.25) is 4.90 Å². The van der Waals surface area contributed by atoms with Gasteiger partial charge in [-0.25, -0.2) is 4.79 Å². The molecule has 5 nitrogen and oxygen atoms in total. The van der Waals surface area contributed by atoms with E-state index >= 15 is 0 Å². The van der Waals surface area contributed by atoms with Crippen LogP contribution in [0.4, 0.5) is 0 Å². The van der Waals surface area contributed by atoms with E-state index in [1.54, 1.807) is 6.07 Å². The van der Waals surface area contributed by atoms with E-state index in [-0.39, 0.29) is 12.1 Å². The molecule has 0 saturated carbocycles. The Labute approximate surface area is 114 Å². The van der Waals surface area contributed by atoms with Crippen molar-refractivity contribution in [2.75, 3.05) is 32.8 Å². The Balaban J connectivity index is 1.79. The van der Waals surface area contributed by atoms with E-state index in [0.717, 1.165) is 32.8 Å². The zero-order chi connectivity index (χ0) is 13.0. The molecule has 1 aromatic heterocycles. The van der Waals surface area contributed by atoms with E-state index < -0.39 is 0 Å². The number of carbonyl (C=O) groups is 1. The number of esters is 1. The van der Waals surface area contributed by atoms with Gasteiger partial charge < -0.3 is 13.9 Å². The van der Waals surface area contributed by atoms with Crippen LogP contribution in [0.5, 0.6) is 0 Å². The molecular formula is C12H16BrNO4. The number of halogens is 1. The molecule has 1 saturated heterocycles. The molecule has 0 radical (unpaired) electrons. The van der Waals surface area contributed by atoms with Crippen molar-refractivity contribution in [1.29, 1.82) is 0 Å². The number of carbonyl (C=O) groups excluding carboxylic acids is 1. The molecule has 1 aromatic rings. The number of furan rings is 1. The predicted molar refractivity (Wildman–Crippen MR) is 68.5 cm³/mol. The van der Waals surface area contributed by atoms with Crippen molar-refractivity contribution in [1.82, 2.24) is 4.90 Å². The zero-order valence-electron chi connectivity index (χ0n) is 10.2. The first-order chi connectivity index (χ1) is 8.65. The summed E-state index contributed by atoms with van der Waals surface area (Å²) in [4.78, 5) is 14.0. The summed E-state index contributed by atoms with van der Waals surface area (Å²) in [7, 11) is 0. The van der Waals surface area contributed by atoms with Gasteiger partial charge in [-0.2, -0.15) is 0 Å². The van der Waals surface area contributed by atoms with E-state index in [0.29, 0.717) is 10.2 Å². The van der Waals surface area contributed by atoms with Crippen molar-refractivity contribution in [3.63, 3.8) is 0 Å². The van der Waals surface area contributed by atoms with Crippen molar-refractivity contribution in [3.05, 3.63) is 22.6 Å². The molecule has 2 rings (SSSR count). The summed E-state index contributed by atoms with van der Waals surface area (Å²) in [6, 6.07) is 1.60. The van der Waals surface area contributed by atoms with Crippen LogP contribution in [0.25, 0.3) is 0 Å². The lowest BCUT2D eigenvalue weighted by molar-refractivity contribution is 0.000415. The van der Waals surface area contributed by atoms with Crippen molar-refractivity contribution in [2.24, 2.45) is 0 Å². The molecule has 0 unspecified atom stereocenters. The fraction of sp³-hybridized carbons (Fsp3) is 0.583. The highest BCUT2D eigenvalue weighted by atomic mass is 79.9. The van der Waals surface area contributed by atoms with Gasteiger partial charge in [-0.1, -0.05) is 0 Å². The first kappa shape index (κ1) is 13.6. The Morgan fingerprint density at radius 3 is 2.89 bits per heavy atom. The number of rotatable bonds is 4. The molecule has 6 heteroatoms. The maximum Gasteiger partial charge on any atom is 0.341 e. The van der Waals surface area contributed by atoms with Gasteiger partial charge in [0.05, 0.1) is 18.8 Å². The summed E-state index contributed by atoms with van der Waals surface area (Å²) < 4.78 is 16.1. The molecule has 0 aromatic carbocycles. The lowest BCUT2D eigenvalue weighted by Gasteiger charge is -2.28. The Morgan fingerprint density at radius 2 is 2.28 bits per heavy atom. The summed E-state index contributed by atoms with van der Waals surface area (Å²) in [5, 5.41) is 0. The summed E-state index contributed by atoms with van der Waals surface area (Å²) in [6.45, 7) is 5.89. The van der Waals surface area contributed by atoms with Gasteiger partial charge in [-0.05, 0) is 22.9 Å². The van der Waals surface area contributed by atoms with Gasteiger partial charge in [-0.15, -0.1) is 0 Å². The number of morpholine rings is 1. The highest BCUT2D eigenvalue weighted by Gasteiger charge is 2.18. The largest absolute Gasteiger partial charge is 0.458 e. The second-order valence-electron chi connectivity index (χ2n) is 4.27. The van der Waals surface area contributed by atoms with Gasteiger partial charge in [0.2, 0.25) is 0 Å². The van der Waals surface area contributed by atoms with E-state index in [1.165, 1.54) is 6.26 Å². The average molecular weight is 318 g/mol. The van der Waals surface area contributed by atoms with Crippen molar-refractivity contribution >= 4 is 21.9 Å². The first-order valence-electron chi connectivity index (χ1n) is 5.90. The minimum atomic E-state index is -0.356. The summed E-state index contributed by atoms with van der Waals surface area (Å²) in [6.07, 6.45) is 1.23. The van der Waals surface area contributed by atoms with Crippen LogP contribution in [0.15, 0.2) is 21.4 Å². The summed E-state index contributed by atoms with van der Waals surface area (Å²) in [5.74, 6) is -0.356. The minimum absolute atomic E-state index is 0.149. The minimum Gasteiger partial charge on any atom is -0.458 e. The molecule has 100 valence electrons. The Hall–Kier alpha value is -0.850.